The fraction of sp³-hybridized carbons (Fsp3) is 0.867. The summed E-state index contributed by atoms with van der Waals surface area (Å²) < 4.78 is 0. The van der Waals surface area contributed by atoms with Crippen LogP contribution in [0.3, 0.4) is 0 Å². The second-order valence-electron chi connectivity index (χ2n) is 6.30. The number of thiocarbonyl (C=S) groups is 1. The Balaban J connectivity index is 1.98. The van der Waals surface area contributed by atoms with E-state index in [1.54, 1.807) is 0 Å². The minimum atomic E-state index is -0.508. The van der Waals surface area contributed by atoms with Gasteiger partial charge in [0.25, 0.3) is 0 Å². The SMILES string of the molecule is CCC1CCC(N(C)C(=O)C2(C(N)=S)CCC2)CC1. The molecule has 0 spiro atoms. The van der Waals surface area contributed by atoms with Gasteiger partial charge in [0.1, 0.15) is 0 Å². The average Bonchev–Trinajstić information content (AvgIpc) is 2.36. The van der Waals surface area contributed by atoms with E-state index < -0.39 is 5.41 Å². The van der Waals surface area contributed by atoms with Crippen LogP contribution in [0.25, 0.3) is 0 Å². The maximum absolute atomic E-state index is 12.7. The van der Waals surface area contributed by atoms with Gasteiger partial charge in [0.05, 0.1) is 10.4 Å². The summed E-state index contributed by atoms with van der Waals surface area (Å²) in [6, 6.07) is 0.391. The van der Waals surface area contributed by atoms with Crippen molar-refractivity contribution in [3.8, 4) is 0 Å². The first kappa shape index (κ1) is 14.8. The van der Waals surface area contributed by atoms with Crippen LogP contribution >= 0.6 is 12.2 Å². The van der Waals surface area contributed by atoms with Crippen LogP contribution in [-0.2, 0) is 4.79 Å². The summed E-state index contributed by atoms with van der Waals surface area (Å²) >= 11 is 5.15. The van der Waals surface area contributed by atoms with Gasteiger partial charge >= 0.3 is 0 Å². The number of nitrogens with two attached hydrogens (primary N) is 1. The smallest absolute Gasteiger partial charge is 0.235 e. The molecule has 0 aromatic carbocycles. The van der Waals surface area contributed by atoms with Crippen molar-refractivity contribution in [1.29, 1.82) is 0 Å². The Bertz CT molecular complexity index is 357. The Morgan fingerprint density at radius 1 is 1.32 bits per heavy atom. The van der Waals surface area contributed by atoms with E-state index in [4.69, 9.17) is 18.0 Å². The van der Waals surface area contributed by atoms with Crippen LogP contribution in [0.1, 0.15) is 58.3 Å². The largest absolute Gasteiger partial charge is 0.392 e. The molecule has 0 saturated heterocycles. The Kier molecular flexibility index (Phi) is 4.49. The summed E-state index contributed by atoms with van der Waals surface area (Å²) in [5.41, 5.74) is 5.32. The molecule has 0 aliphatic heterocycles. The van der Waals surface area contributed by atoms with Crippen molar-refractivity contribution in [2.45, 2.75) is 64.3 Å². The first-order valence-corrected chi connectivity index (χ1v) is 7.99. The highest BCUT2D eigenvalue weighted by atomic mass is 32.1. The first-order chi connectivity index (χ1) is 9.01. The molecule has 108 valence electrons. The standard InChI is InChI=1S/C15H26N2OS/c1-3-11-5-7-12(8-6-11)17(2)14(18)15(13(16)19)9-4-10-15/h11-12H,3-10H2,1-2H3,(H2,16,19). The van der Waals surface area contributed by atoms with Crippen LogP contribution in [0, 0.1) is 11.3 Å². The van der Waals surface area contributed by atoms with Gasteiger partial charge in [-0.25, -0.2) is 0 Å². The topological polar surface area (TPSA) is 46.3 Å². The van der Waals surface area contributed by atoms with Crippen molar-refractivity contribution in [2.75, 3.05) is 7.05 Å². The molecule has 0 aromatic rings. The van der Waals surface area contributed by atoms with Crippen molar-refractivity contribution in [3.63, 3.8) is 0 Å². The molecular weight excluding hydrogens is 256 g/mol. The van der Waals surface area contributed by atoms with E-state index in [2.05, 4.69) is 6.92 Å². The van der Waals surface area contributed by atoms with Gasteiger partial charge in [0.2, 0.25) is 5.91 Å². The summed E-state index contributed by atoms with van der Waals surface area (Å²) in [5, 5.41) is 0. The molecule has 1 amide bonds. The second-order valence-corrected chi connectivity index (χ2v) is 6.74. The zero-order valence-corrected chi connectivity index (χ0v) is 13.0. The third-order valence-corrected chi connectivity index (χ3v) is 5.74. The summed E-state index contributed by atoms with van der Waals surface area (Å²) in [4.78, 5) is 15.0. The molecule has 2 N–H and O–H groups in total. The summed E-state index contributed by atoms with van der Waals surface area (Å²) in [6.45, 7) is 2.26. The maximum Gasteiger partial charge on any atom is 0.235 e. The summed E-state index contributed by atoms with van der Waals surface area (Å²) in [5.74, 6) is 1.03. The molecule has 3 nitrogen and oxygen atoms in total. The quantitative estimate of drug-likeness (QED) is 0.807. The molecule has 2 rings (SSSR count). The highest BCUT2D eigenvalue weighted by Gasteiger charge is 2.49. The van der Waals surface area contributed by atoms with Crippen molar-refractivity contribution >= 4 is 23.1 Å². The normalized spacial score (nSPS) is 29.4. The Labute approximate surface area is 121 Å². The van der Waals surface area contributed by atoms with Crippen LogP contribution in [0.5, 0.6) is 0 Å². The fourth-order valence-electron chi connectivity index (χ4n) is 3.54. The average molecular weight is 282 g/mol. The molecule has 0 aromatic heterocycles. The lowest BCUT2D eigenvalue weighted by Crippen LogP contribution is -2.56. The van der Waals surface area contributed by atoms with Crippen molar-refractivity contribution in [3.05, 3.63) is 0 Å². The molecule has 0 bridgehead atoms. The number of hydrogen-bond acceptors (Lipinski definition) is 2. The number of hydrogen-bond donors (Lipinski definition) is 1. The van der Waals surface area contributed by atoms with E-state index in [1.165, 1.54) is 19.3 Å². The van der Waals surface area contributed by atoms with Gasteiger partial charge < -0.3 is 10.6 Å². The monoisotopic (exact) mass is 282 g/mol. The predicted octanol–water partition coefficient (Wildman–Crippen LogP) is 2.87. The fourth-order valence-corrected chi connectivity index (χ4v) is 3.83. The summed E-state index contributed by atoms with van der Waals surface area (Å²) in [7, 11) is 1.94. The van der Waals surface area contributed by atoms with Crippen LogP contribution in [-0.4, -0.2) is 28.9 Å². The highest BCUT2D eigenvalue weighted by molar-refractivity contribution is 7.80. The van der Waals surface area contributed by atoms with E-state index in [9.17, 15) is 4.79 Å². The van der Waals surface area contributed by atoms with Gasteiger partial charge in [0, 0.05) is 13.1 Å². The van der Waals surface area contributed by atoms with E-state index in [-0.39, 0.29) is 5.91 Å². The first-order valence-electron chi connectivity index (χ1n) is 7.58. The lowest BCUT2D eigenvalue weighted by Gasteiger charge is -2.44. The molecule has 2 aliphatic rings. The van der Waals surface area contributed by atoms with Crippen LogP contribution in [0.15, 0.2) is 0 Å². The van der Waals surface area contributed by atoms with E-state index in [0.29, 0.717) is 11.0 Å². The van der Waals surface area contributed by atoms with E-state index in [1.807, 2.05) is 11.9 Å². The molecule has 2 aliphatic carbocycles. The molecule has 4 heteroatoms. The molecule has 0 atom stereocenters. The van der Waals surface area contributed by atoms with Gasteiger partial charge in [-0.05, 0) is 44.4 Å². The lowest BCUT2D eigenvalue weighted by molar-refractivity contribution is -0.143. The molecule has 2 saturated carbocycles. The van der Waals surface area contributed by atoms with Gasteiger partial charge in [0.15, 0.2) is 0 Å². The third kappa shape index (κ3) is 2.64. The highest BCUT2D eigenvalue weighted by Crippen LogP contribution is 2.43. The van der Waals surface area contributed by atoms with Crippen molar-refractivity contribution < 1.29 is 4.79 Å². The molecule has 2 fully saturated rings. The number of carbonyl (C=O) groups excluding carboxylic acids is 1. The van der Waals surface area contributed by atoms with E-state index >= 15 is 0 Å². The Morgan fingerprint density at radius 2 is 1.89 bits per heavy atom. The van der Waals surface area contributed by atoms with E-state index in [0.717, 1.165) is 38.0 Å². The predicted molar refractivity (Wildman–Crippen MR) is 81.9 cm³/mol. The van der Waals surface area contributed by atoms with Crippen LogP contribution in [0.4, 0.5) is 0 Å². The molecule has 19 heavy (non-hydrogen) atoms. The number of carbonyl (C=O) groups is 1. The minimum absolute atomic E-state index is 0.172. The van der Waals surface area contributed by atoms with Gasteiger partial charge in [-0.3, -0.25) is 4.79 Å². The number of nitrogens with zero attached hydrogens (tertiary/aromatic N) is 1. The van der Waals surface area contributed by atoms with Gasteiger partial charge in [-0.15, -0.1) is 0 Å². The van der Waals surface area contributed by atoms with Crippen LogP contribution in [0.2, 0.25) is 0 Å². The van der Waals surface area contributed by atoms with Gasteiger partial charge in [-0.1, -0.05) is 32.0 Å². The third-order valence-electron chi connectivity index (χ3n) is 5.35. The Hall–Kier alpha value is -0.640. The second kappa shape index (κ2) is 5.78. The lowest BCUT2D eigenvalue weighted by atomic mass is 9.67. The molecule has 0 heterocycles. The van der Waals surface area contributed by atoms with Crippen LogP contribution < -0.4 is 5.73 Å². The molecule has 0 radical (unpaired) electrons. The molecular formula is C15H26N2OS. The minimum Gasteiger partial charge on any atom is -0.392 e. The number of rotatable bonds is 4. The van der Waals surface area contributed by atoms with Gasteiger partial charge in [-0.2, -0.15) is 0 Å². The Morgan fingerprint density at radius 3 is 2.26 bits per heavy atom. The summed E-state index contributed by atoms with van der Waals surface area (Å²) in [6.07, 6.45) is 8.78. The number of amides is 1. The zero-order chi connectivity index (χ0) is 14.0. The molecule has 0 unspecified atom stereocenters. The van der Waals surface area contributed by atoms with Crippen molar-refractivity contribution in [2.24, 2.45) is 17.1 Å². The zero-order valence-electron chi connectivity index (χ0n) is 12.2. The maximum atomic E-state index is 12.7. The van der Waals surface area contributed by atoms with Crippen molar-refractivity contribution in [1.82, 2.24) is 4.90 Å².